The Bertz CT molecular complexity index is 235. The highest BCUT2D eigenvalue weighted by Crippen LogP contribution is 2.12. The SMILES string of the molecule is [CH]NCCc1cccc(OC)c1. The predicted molar refractivity (Wildman–Crippen MR) is 49.0 cm³/mol. The van der Waals surface area contributed by atoms with E-state index in [1.807, 2.05) is 18.2 Å². The van der Waals surface area contributed by atoms with Gasteiger partial charge in [0, 0.05) is 7.05 Å². The van der Waals surface area contributed by atoms with Gasteiger partial charge in [-0.1, -0.05) is 12.1 Å². The predicted octanol–water partition coefficient (Wildman–Crippen LogP) is 1.50. The van der Waals surface area contributed by atoms with Crippen LogP contribution in [0.1, 0.15) is 5.56 Å². The molecule has 64 valence electrons. The van der Waals surface area contributed by atoms with Crippen LogP contribution in [0.15, 0.2) is 24.3 Å². The van der Waals surface area contributed by atoms with Crippen molar-refractivity contribution in [2.45, 2.75) is 6.42 Å². The molecule has 0 saturated carbocycles. The zero-order valence-electron chi connectivity index (χ0n) is 7.21. The third kappa shape index (κ3) is 2.55. The fourth-order valence-corrected chi connectivity index (χ4v) is 1.04. The highest BCUT2D eigenvalue weighted by molar-refractivity contribution is 5.28. The van der Waals surface area contributed by atoms with Gasteiger partial charge in [0.1, 0.15) is 5.75 Å². The molecule has 0 bridgehead atoms. The molecule has 12 heavy (non-hydrogen) atoms. The third-order valence-corrected chi connectivity index (χ3v) is 1.69. The van der Waals surface area contributed by atoms with Crippen LogP contribution in [0.4, 0.5) is 0 Å². The summed E-state index contributed by atoms with van der Waals surface area (Å²) in [6.45, 7) is 0.785. The molecule has 2 heteroatoms. The Morgan fingerprint density at radius 3 is 3.00 bits per heavy atom. The minimum absolute atomic E-state index is 0.785. The van der Waals surface area contributed by atoms with Crippen molar-refractivity contribution >= 4 is 0 Å². The van der Waals surface area contributed by atoms with Gasteiger partial charge in [0.25, 0.3) is 0 Å². The molecule has 0 fully saturated rings. The molecule has 1 aromatic rings. The lowest BCUT2D eigenvalue weighted by molar-refractivity contribution is 0.414. The summed E-state index contributed by atoms with van der Waals surface area (Å²) in [5.41, 5.74) is 1.23. The number of rotatable bonds is 4. The zero-order valence-corrected chi connectivity index (χ0v) is 7.21. The fraction of sp³-hybridized carbons (Fsp3) is 0.300. The summed E-state index contributed by atoms with van der Waals surface area (Å²) >= 11 is 0. The number of benzene rings is 1. The standard InChI is InChI=1S/C10H13NO/c1-11-7-6-9-4-3-5-10(8-9)12-2/h1,3-5,8,11H,6-7H2,2H3. The van der Waals surface area contributed by atoms with Crippen LogP contribution >= 0.6 is 0 Å². The van der Waals surface area contributed by atoms with Crippen molar-refractivity contribution in [3.63, 3.8) is 0 Å². The lowest BCUT2D eigenvalue weighted by Gasteiger charge is -2.03. The molecule has 1 aromatic carbocycles. The van der Waals surface area contributed by atoms with Crippen LogP contribution in [-0.2, 0) is 6.42 Å². The van der Waals surface area contributed by atoms with Gasteiger partial charge in [0.05, 0.1) is 7.11 Å². The largest absolute Gasteiger partial charge is 0.497 e. The molecule has 0 unspecified atom stereocenters. The number of hydrogen-bond donors (Lipinski definition) is 1. The normalized spacial score (nSPS) is 9.83. The van der Waals surface area contributed by atoms with Gasteiger partial charge < -0.3 is 10.1 Å². The average Bonchev–Trinajstić information content (AvgIpc) is 2.15. The summed E-state index contributed by atoms with van der Waals surface area (Å²) in [4.78, 5) is 0. The van der Waals surface area contributed by atoms with Crippen molar-refractivity contribution in [3.8, 4) is 5.75 Å². The van der Waals surface area contributed by atoms with Crippen LogP contribution in [0.2, 0.25) is 0 Å². The van der Waals surface area contributed by atoms with Gasteiger partial charge in [-0.25, -0.2) is 0 Å². The summed E-state index contributed by atoms with van der Waals surface area (Å²) in [5, 5.41) is 2.61. The van der Waals surface area contributed by atoms with Gasteiger partial charge in [-0.15, -0.1) is 0 Å². The summed E-state index contributed by atoms with van der Waals surface area (Å²) in [7, 11) is 6.83. The molecule has 0 aromatic heterocycles. The number of nitrogens with one attached hydrogen (secondary N) is 1. The molecular weight excluding hydrogens is 150 g/mol. The summed E-state index contributed by atoms with van der Waals surface area (Å²) in [6.07, 6.45) is 0.924. The smallest absolute Gasteiger partial charge is 0.119 e. The van der Waals surface area contributed by atoms with Crippen molar-refractivity contribution in [1.29, 1.82) is 0 Å². The van der Waals surface area contributed by atoms with E-state index in [4.69, 9.17) is 11.8 Å². The second-order valence-electron chi connectivity index (χ2n) is 2.56. The van der Waals surface area contributed by atoms with Crippen LogP contribution in [-0.4, -0.2) is 13.7 Å². The molecule has 0 aliphatic carbocycles. The van der Waals surface area contributed by atoms with Crippen molar-refractivity contribution in [1.82, 2.24) is 5.32 Å². The molecule has 0 atom stereocenters. The molecular formula is C10H13NO. The van der Waals surface area contributed by atoms with E-state index in [0.29, 0.717) is 0 Å². The second kappa shape index (κ2) is 4.78. The number of hydrogen-bond acceptors (Lipinski definition) is 2. The van der Waals surface area contributed by atoms with E-state index < -0.39 is 0 Å². The first-order valence-corrected chi connectivity index (χ1v) is 3.93. The fourth-order valence-electron chi connectivity index (χ4n) is 1.04. The van der Waals surface area contributed by atoms with Crippen LogP contribution in [0, 0.1) is 7.05 Å². The van der Waals surface area contributed by atoms with Crippen LogP contribution in [0.5, 0.6) is 5.75 Å². The summed E-state index contributed by atoms with van der Waals surface area (Å²) in [5.74, 6) is 0.893. The average molecular weight is 163 g/mol. The van der Waals surface area contributed by atoms with E-state index in [0.717, 1.165) is 18.7 Å². The van der Waals surface area contributed by atoms with Crippen LogP contribution in [0.3, 0.4) is 0 Å². The van der Waals surface area contributed by atoms with Gasteiger partial charge in [-0.2, -0.15) is 0 Å². The van der Waals surface area contributed by atoms with Crippen LogP contribution < -0.4 is 10.1 Å². The first kappa shape index (κ1) is 9.07. The topological polar surface area (TPSA) is 21.3 Å². The Balaban J connectivity index is 2.60. The van der Waals surface area contributed by atoms with Crippen molar-refractivity contribution in [2.75, 3.05) is 13.7 Å². The van der Waals surface area contributed by atoms with Gasteiger partial charge >= 0.3 is 0 Å². The molecule has 0 heterocycles. The molecule has 0 amide bonds. The van der Waals surface area contributed by atoms with Gasteiger partial charge in [0.2, 0.25) is 0 Å². The van der Waals surface area contributed by atoms with E-state index in [1.54, 1.807) is 7.11 Å². The van der Waals surface area contributed by atoms with E-state index in [9.17, 15) is 0 Å². The van der Waals surface area contributed by atoms with Gasteiger partial charge in [-0.05, 0) is 30.7 Å². The number of methoxy groups -OCH3 is 1. The molecule has 0 saturated heterocycles. The lowest BCUT2D eigenvalue weighted by Crippen LogP contribution is -2.07. The molecule has 0 aliphatic rings. The van der Waals surface area contributed by atoms with E-state index >= 15 is 0 Å². The Hall–Kier alpha value is -1.02. The molecule has 1 rings (SSSR count). The van der Waals surface area contributed by atoms with Crippen molar-refractivity contribution in [3.05, 3.63) is 36.9 Å². The van der Waals surface area contributed by atoms with Crippen molar-refractivity contribution in [2.24, 2.45) is 0 Å². The highest BCUT2D eigenvalue weighted by Gasteiger charge is 1.93. The van der Waals surface area contributed by atoms with Gasteiger partial charge in [-0.3, -0.25) is 0 Å². The maximum atomic E-state index is 5.17. The third-order valence-electron chi connectivity index (χ3n) is 1.69. The summed E-state index contributed by atoms with van der Waals surface area (Å²) in [6, 6.07) is 7.97. The Kier molecular flexibility index (Phi) is 3.61. The molecule has 2 nitrogen and oxygen atoms in total. The second-order valence-corrected chi connectivity index (χ2v) is 2.56. The summed E-state index contributed by atoms with van der Waals surface area (Å²) < 4.78 is 5.08. The Labute approximate surface area is 73.6 Å². The maximum absolute atomic E-state index is 5.17. The Morgan fingerprint density at radius 2 is 2.33 bits per heavy atom. The van der Waals surface area contributed by atoms with Gasteiger partial charge in [0.15, 0.2) is 0 Å². The van der Waals surface area contributed by atoms with E-state index in [1.165, 1.54) is 5.56 Å². The maximum Gasteiger partial charge on any atom is 0.119 e. The van der Waals surface area contributed by atoms with Crippen molar-refractivity contribution < 1.29 is 4.74 Å². The molecule has 0 spiro atoms. The minimum Gasteiger partial charge on any atom is -0.497 e. The minimum atomic E-state index is 0.785. The zero-order chi connectivity index (χ0) is 8.81. The monoisotopic (exact) mass is 163 g/mol. The molecule has 1 N–H and O–H groups in total. The first-order valence-electron chi connectivity index (χ1n) is 3.93. The quantitative estimate of drug-likeness (QED) is 0.679. The van der Waals surface area contributed by atoms with Crippen LogP contribution in [0.25, 0.3) is 0 Å². The lowest BCUT2D eigenvalue weighted by atomic mass is 10.1. The van der Waals surface area contributed by atoms with E-state index in [-0.39, 0.29) is 0 Å². The highest BCUT2D eigenvalue weighted by atomic mass is 16.5. The molecule has 2 radical (unpaired) electrons. The number of ether oxygens (including phenoxy) is 1. The Morgan fingerprint density at radius 1 is 1.50 bits per heavy atom. The molecule has 0 aliphatic heterocycles. The first-order chi connectivity index (χ1) is 5.86. The van der Waals surface area contributed by atoms with E-state index in [2.05, 4.69) is 11.4 Å².